The number of esters is 1. The second-order valence-electron chi connectivity index (χ2n) is 3.33. The van der Waals surface area contributed by atoms with Crippen molar-refractivity contribution >= 4 is 23.7 Å². The largest absolute Gasteiger partial charge is 0.480 e. The first-order valence-electron chi connectivity index (χ1n) is 4.39. The summed E-state index contributed by atoms with van der Waals surface area (Å²) in [4.78, 5) is 22.0. The summed E-state index contributed by atoms with van der Waals surface area (Å²) >= 11 is 1.08. The molecule has 4 nitrogen and oxygen atoms in total. The van der Waals surface area contributed by atoms with E-state index in [1.165, 1.54) is 0 Å². The average molecular weight is 220 g/mol. The molecule has 1 unspecified atom stereocenters. The van der Waals surface area contributed by atoms with Gasteiger partial charge in [-0.1, -0.05) is 0 Å². The number of hydrogen-bond donors (Lipinski definition) is 1. The van der Waals surface area contributed by atoms with Crippen LogP contribution in [0.5, 0.6) is 0 Å². The van der Waals surface area contributed by atoms with Gasteiger partial charge in [0.25, 0.3) is 0 Å². The van der Waals surface area contributed by atoms with Gasteiger partial charge < -0.3 is 9.84 Å². The fourth-order valence-corrected chi connectivity index (χ4v) is 1.95. The predicted octanol–water partition coefficient (Wildman–Crippen LogP) is 1.53. The highest BCUT2D eigenvalue weighted by Crippen LogP contribution is 2.29. The third-order valence-corrected chi connectivity index (χ3v) is 2.91. The summed E-state index contributed by atoms with van der Waals surface area (Å²) in [5.41, 5.74) is 0. The molecule has 0 amide bonds. The van der Waals surface area contributed by atoms with E-state index in [4.69, 9.17) is 9.84 Å². The Bertz CT molecular complexity index is 225. The minimum Gasteiger partial charge on any atom is -0.480 e. The number of rotatable bonds is 5. The maximum atomic E-state index is 11.2. The van der Waals surface area contributed by atoms with E-state index >= 15 is 0 Å². The maximum Gasteiger partial charge on any atom is 0.319 e. The Morgan fingerprint density at radius 1 is 1.50 bits per heavy atom. The summed E-state index contributed by atoms with van der Waals surface area (Å²) in [6.45, 7) is 6.81. The Balaban J connectivity index is 4.24. The molecule has 0 radical (unpaired) electrons. The lowest BCUT2D eigenvalue weighted by molar-refractivity contribution is -0.142. The van der Waals surface area contributed by atoms with Gasteiger partial charge in [-0.3, -0.25) is 9.59 Å². The number of carbonyl (C=O) groups is 2. The Morgan fingerprint density at radius 3 is 2.36 bits per heavy atom. The molecule has 5 heteroatoms. The second-order valence-corrected chi connectivity index (χ2v) is 5.29. The van der Waals surface area contributed by atoms with Crippen LogP contribution in [-0.2, 0) is 14.3 Å². The monoisotopic (exact) mass is 220 g/mol. The van der Waals surface area contributed by atoms with E-state index in [9.17, 15) is 9.59 Å². The van der Waals surface area contributed by atoms with Gasteiger partial charge in [0.1, 0.15) is 10.00 Å². The Labute approximate surface area is 88.0 Å². The minimum atomic E-state index is -0.966. The average Bonchev–Trinajstić information content (AvgIpc) is 2.03. The van der Waals surface area contributed by atoms with Crippen LogP contribution in [0, 0.1) is 0 Å². The van der Waals surface area contributed by atoms with E-state index in [1.54, 1.807) is 27.7 Å². The molecule has 0 saturated carbocycles. The third-order valence-electron chi connectivity index (χ3n) is 1.60. The molecule has 0 saturated heterocycles. The zero-order valence-corrected chi connectivity index (χ0v) is 9.68. The summed E-state index contributed by atoms with van der Waals surface area (Å²) < 4.78 is 3.81. The van der Waals surface area contributed by atoms with Crippen LogP contribution in [0.15, 0.2) is 0 Å². The summed E-state index contributed by atoms with van der Waals surface area (Å²) in [6, 6.07) is 0. The topological polar surface area (TPSA) is 63.6 Å². The normalized spacial score (nSPS) is 13.4. The van der Waals surface area contributed by atoms with Crippen molar-refractivity contribution in [2.75, 3.05) is 6.61 Å². The van der Waals surface area contributed by atoms with Crippen molar-refractivity contribution < 1.29 is 19.4 Å². The van der Waals surface area contributed by atoms with Gasteiger partial charge in [-0.2, -0.15) is 0 Å². The summed E-state index contributed by atoms with van der Waals surface area (Å²) in [6.07, 6.45) is 0. The van der Waals surface area contributed by atoms with Gasteiger partial charge in [0, 0.05) is 0 Å². The SMILES string of the molecule is CCOC(=O)C(C)SC(C)(C)C(=O)O. The first-order chi connectivity index (χ1) is 6.31. The molecule has 14 heavy (non-hydrogen) atoms. The molecule has 0 bridgehead atoms. The van der Waals surface area contributed by atoms with Crippen LogP contribution in [0.25, 0.3) is 0 Å². The first kappa shape index (κ1) is 13.3. The Hall–Kier alpha value is -0.710. The lowest BCUT2D eigenvalue weighted by Gasteiger charge is -2.21. The van der Waals surface area contributed by atoms with Gasteiger partial charge >= 0.3 is 11.9 Å². The predicted molar refractivity (Wildman–Crippen MR) is 55.4 cm³/mol. The van der Waals surface area contributed by atoms with Crippen molar-refractivity contribution in [3.63, 3.8) is 0 Å². The van der Waals surface area contributed by atoms with Crippen LogP contribution < -0.4 is 0 Å². The summed E-state index contributed by atoms with van der Waals surface area (Å²) in [5, 5.41) is 8.37. The molecule has 0 fully saturated rings. The molecule has 1 atom stereocenters. The highest BCUT2D eigenvalue weighted by Gasteiger charge is 2.32. The van der Waals surface area contributed by atoms with Crippen LogP contribution in [0.1, 0.15) is 27.7 Å². The highest BCUT2D eigenvalue weighted by atomic mass is 32.2. The maximum absolute atomic E-state index is 11.2. The molecule has 0 aromatic heterocycles. The van der Waals surface area contributed by atoms with Gasteiger partial charge in [-0.25, -0.2) is 0 Å². The Kier molecular flexibility index (Phi) is 4.97. The van der Waals surface area contributed by atoms with Crippen molar-refractivity contribution in [1.29, 1.82) is 0 Å². The molecule has 1 N–H and O–H groups in total. The number of aliphatic carboxylic acids is 1. The molecule has 0 spiro atoms. The van der Waals surface area contributed by atoms with Crippen molar-refractivity contribution in [3.8, 4) is 0 Å². The number of carboxylic acid groups (broad SMARTS) is 1. The van der Waals surface area contributed by atoms with Crippen LogP contribution in [0.2, 0.25) is 0 Å². The standard InChI is InChI=1S/C9H16O4S/c1-5-13-7(10)6(2)14-9(3,4)8(11)12/h6H,5H2,1-4H3,(H,11,12). The molecular formula is C9H16O4S. The number of hydrogen-bond acceptors (Lipinski definition) is 4. The Morgan fingerprint density at radius 2 is 2.00 bits per heavy atom. The van der Waals surface area contributed by atoms with E-state index in [-0.39, 0.29) is 5.97 Å². The third kappa shape index (κ3) is 4.00. The highest BCUT2D eigenvalue weighted by molar-refractivity contribution is 8.02. The molecule has 0 aliphatic rings. The smallest absolute Gasteiger partial charge is 0.319 e. The molecule has 0 rings (SSSR count). The summed E-state index contributed by atoms with van der Waals surface area (Å²) in [7, 11) is 0. The molecular weight excluding hydrogens is 204 g/mol. The van der Waals surface area contributed by atoms with Crippen LogP contribution in [0.3, 0.4) is 0 Å². The second kappa shape index (κ2) is 5.24. The number of thioether (sulfide) groups is 1. The summed E-state index contributed by atoms with van der Waals surface area (Å²) in [5.74, 6) is -1.30. The van der Waals surface area contributed by atoms with Crippen molar-refractivity contribution in [3.05, 3.63) is 0 Å². The molecule has 0 aliphatic carbocycles. The van der Waals surface area contributed by atoms with E-state index in [0.29, 0.717) is 6.61 Å². The van der Waals surface area contributed by atoms with Gasteiger partial charge in [0.15, 0.2) is 0 Å². The van der Waals surface area contributed by atoms with Crippen LogP contribution in [0.4, 0.5) is 0 Å². The van der Waals surface area contributed by atoms with E-state index in [1.807, 2.05) is 0 Å². The quantitative estimate of drug-likeness (QED) is 0.712. The first-order valence-corrected chi connectivity index (χ1v) is 5.27. The van der Waals surface area contributed by atoms with Crippen LogP contribution in [-0.4, -0.2) is 33.6 Å². The lowest BCUT2D eigenvalue weighted by atomic mass is 10.2. The van der Waals surface area contributed by atoms with E-state index in [0.717, 1.165) is 11.8 Å². The fourth-order valence-electron chi connectivity index (χ4n) is 0.800. The van der Waals surface area contributed by atoms with E-state index in [2.05, 4.69) is 0 Å². The molecule has 0 heterocycles. The van der Waals surface area contributed by atoms with E-state index < -0.39 is 16.0 Å². The fraction of sp³-hybridized carbons (Fsp3) is 0.778. The van der Waals surface area contributed by atoms with Crippen molar-refractivity contribution in [2.24, 2.45) is 0 Å². The van der Waals surface area contributed by atoms with Gasteiger partial charge in [-0.05, 0) is 27.7 Å². The van der Waals surface area contributed by atoms with Gasteiger partial charge in [-0.15, -0.1) is 11.8 Å². The minimum absolute atomic E-state index is 0.317. The van der Waals surface area contributed by atoms with Gasteiger partial charge in [0.2, 0.25) is 0 Å². The lowest BCUT2D eigenvalue weighted by Crippen LogP contribution is -2.32. The zero-order valence-electron chi connectivity index (χ0n) is 8.86. The number of carbonyl (C=O) groups excluding carboxylic acids is 1. The number of ether oxygens (including phenoxy) is 1. The molecule has 0 aromatic carbocycles. The van der Waals surface area contributed by atoms with Crippen molar-refractivity contribution in [2.45, 2.75) is 37.7 Å². The van der Waals surface area contributed by atoms with Crippen LogP contribution >= 0.6 is 11.8 Å². The molecule has 0 aliphatic heterocycles. The van der Waals surface area contributed by atoms with Crippen molar-refractivity contribution in [1.82, 2.24) is 0 Å². The molecule has 0 aromatic rings. The zero-order chi connectivity index (χ0) is 11.4. The molecule has 82 valence electrons. The number of carboxylic acids is 1. The van der Waals surface area contributed by atoms with Gasteiger partial charge in [0.05, 0.1) is 6.61 Å².